The van der Waals surface area contributed by atoms with Gasteiger partial charge in [-0.2, -0.15) is 0 Å². The first-order valence-electron chi connectivity index (χ1n) is 5.09. The third kappa shape index (κ3) is 4.23. The van der Waals surface area contributed by atoms with Crippen LogP contribution in [0, 0.1) is 0 Å². The molecule has 3 nitrogen and oxygen atoms in total. The van der Waals surface area contributed by atoms with Crippen molar-refractivity contribution in [3.63, 3.8) is 0 Å². The number of nitrogen functional groups attached to an aromatic ring is 1. The number of benzene rings is 1. The number of hydrogen-bond acceptors (Lipinski definition) is 3. The van der Waals surface area contributed by atoms with E-state index in [-0.39, 0.29) is 0 Å². The molecule has 0 saturated carbocycles. The van der Waals surface area contributed by atoms with Crippen LogP contribution in [0.5, 0.6) is 0 Å². The Labute approximate surface area is 108 Å². The molecule has 0 aromatic heterocycles. The number of nitrogens with zero attached hydrogens (tertiary/aromatic N) is 1. The lowest BCUT2D eigenvalue weighted by atomic mass is 10.3. The van der Waals surface area contributed by atoms with E-state index in [0.717, 1.165) is 22.3 Å². The van der Waals surface area contributed by atoms with Crippen molar-refractivity contribution in [2.45, 2.75) is 11.3 Å². The summed E-state index contributed by atoms with van der Waals surface area (Å²) in [6, 6.07) is 5.49. The molecule has 0 spiro atoms. The minimum atomic E-state index is -0.992. The zero-order chi connectivity index (χ0) is 12.1. The van der Waals surface area contributed by atoms with Crippen molar-refractivity contribution in [1.82, 2.24) is 4.90 Å². The van der Waals surface area contributed by atoms with Crippen LogP contribution >= 0.6 is 15.9 Å². The van der Waals surface area contributed by atoms with Gasteiger partial charge in [0.25, 0.3) is 0 Å². The molecule has 1 unspecified atom stereocenters. The van der Waals surface area contributed by atoms with Gasteiger partial charge in [0.2, 0.25) is 0 Å². The molecule has 1 aromatic rings. The Morgan fingerprint density at radius 2 is 2.12 bits per heavy atom. The lowest BCUT2D eigenvalue weighted by Crippen LogP contribution is -2.15. The van der Waals surface area contributed by atoms with Crippen molar-refractivity contribution in [1.29, 1.82) is 0 Å². The molecule has 0 aliphatic rings. The van der Waals surface area contributed by atoms with Gasteiger partial charge in [-0.3, -0.25) is 4.21 Å². The molecule has 0 heterocycles. The first-order valence-corrected chi connectivity index (χ1v) is 7.20. The van der Waals surface area contributed by atoms with Gasteiger partial charge in [0.05, 0.1) is 15.7 Å². The average molecular weight is 305 g/mol. The molecule has 0 amide bonds. The summed E-state index contributed by atoms with van der Waals surface area (Å²) in [5.74, 6) is 0.657. The molecule has 16 heavy (non-hydrogen) atoms. The minimum Gasteiger partial charge on any atom is -0.398 e. The molecule has 1 aromatic carbocycles. The predicted octanol–water partition coefficient (Wildman–Crippen LogP) is 2.09. The maximum absolute atomic E-state index is 12.0. The summed E-state index contributed by atoms with van der Waals surface area (Å²) in [6.45, 7) is 0.947. The Bertz CT molecular complexity index is 382. The van der Waals surface area contributed by atoms with Gasteiger partial charge < -0.3 is 10.6 Å². The number of hydrogen-bond donors (Lipinski definition) is 1. The second kappa shape index (κ2) is 6.37. The Balaban J connectivity index is 2.59. The topological polar surface area (TPSA) is 46.3 Å². The maximum atomic E-state index is 12.0. The van der Waals surface area contributed by atoms with Crippen LogP contribution in [0.15, 0.2) is 27.6 Å². The van der Waals surface area contributed by atoms with Crippen LogP contribution in [0.2, 0.25) is 0 Å². The van der Waals surface area contributed by atoms with Crippen molar-refractivity contribution >= 4 is 32.4 Å². The molecular formula is C11H17BrN2OS. The quantitative estimate of drug-likeness (QED) is 0.847. The maximum Gasteiger partial charge on any atom is 0.0618 e. The van der Waals surface area contributed by atoms with Gasteiger partial charge in [-0.15, -0.1) is 0 Å². The van der Waals surface area contributed by atoms with Crippen molar-refractivity contribution in [3.8, 4) is 0 Å². The molecular weight excluding hydrogens is 288 g/mol. The highest BCUT2D eigenvalue weighted by Crippen LogP contribution is 2.21. The molecule has 90 valence electrons. The fourth-order valence-corrected chi connectivity index (χ4v) is 2.88. The van der Waals surface area contributed by atoms with E-state index in [2.05, 4.69) is 20.8 Å². The fraction of sp³-hybridized carbons (Fsp3) is 0.455. The molecule has 0 radical (unpaired) electrons. The van der Waals surface area contributed by atoms with E-state index in [0.29, 0.717) is 11.4 Å². The molecule has 0 bridgehead atoms. The van der Waals surface area contributed by atoms with Crippen LogP contribution in [0.25, 0.3) is 0 Å². The smallest absolute Gasteiger partial charge is 0.0618 e. The van der Waals surface area contributed by atoms with E-state index in [1.165, 1.54) is 0 Å². The zero-order valence-corrected chi connectivity index (χ0v) is 12.0. The van der Waals surface area contributed by atoms with Crippen LogP contribution in [-0.2, 0) is 10.8 Å². The number of anilines is 1. The molecule has 0 saturated heterocycles. The highest BCUT2D eigenvalue weighted by atomic mass is 79.9. The highest BCUT2D eigenvalue weighted by molar-refractivity contribution is 9.10. The van der Waals surface area contributed by atoms with Gasteiger partial charge in [-0.25, -0.2) is 0 Å². The minimum absolute atomic E-state index is 0.595. The molecule has 1 rings (SSSR count). The Kier molecular flexibility index (Phi) is 5.44. The molecule has 0 aliphatic carbocycles. The van der Waals surface area contributed by atoms with E-state index in [9.17, 15) is 4.21 Å². The van der Waals surface area contributed by atoms with E-state index in [1.54, 1.807) is 6.07 Å². The lowest BCUT2D eigenvalue weighted by molar-refractivity contribution is 0.409. The third-order valence-corrected chi connectivity index (χ3v) is 4.17. The SMILES string of the molecule is CN(C)CCCS(=O)c1ccc(Br)cc1N. The summed E-state index contributed by atoms with van der Waals surface area (Å²) in [4.78, 5) is 2.82. The normalized spacial score (nSPS) is 13.0. The Morgan fingerprint density at radius 3 is 2.69 bits per heavy atom. The first kappa shape index (κ1) is 13.7. The van der Waals surface area contributed by atoms with Crippen LogP contribution in [0.4, 0.5) is 5.69 Å². The number of nitrogens with two attached hydrogens (primary N) is 1. The van der Waals surface area contributed by atoms with E-state index < -0.39 is 10.8 Å². The van der Waals surface area contributed by atoms with Crippen LogP contribution in [0.3, 0.4) is 0 Å². The van der Waals surface area contributed by atoms with Gasteiger partial charge in [-0.1, -0.05) is 15.9 Å². The van der Waals surface area contributed by atoms with E-state index in [4.69, 9.17) is 5.73 Å². The van der Waals surface area contributed by atoms with Gasteiger partial charge in [-0.05, 0) is 45.3 Å². The summed E-state index contributed by atoms with van der Waals surface area (Å²) < 4.78 is 12.9. The standard InChI is InChI=1S/C11H17BrN2OS/c1-14(2)6-3-7-16(15)11-5-4-9(12)8-10(11)13/h4-5,8H,3,6-7,13H2,1-2H3. The summed E-state index contributed by atoms with van der Waals surface area (Å²) in [5, 5.41) is 0. The van der Waals surface area contributed by atoms with Gasteiger partial charge in [0.15, 0.2) is 0 Å². The second-order valence-electron chi connectivity index (χ2n) is 3.89. The molecule has 0 aliphatic heterocycles. The fourth-order valence-electron chi connectivity index (χ4n) is 1.35. The first-order chi connectivity index (χ1) is 7.50. The Hall–Kier alpha value is -0.390. The van der Waals surface area contributed by atoms with Crippen molar-refractivity contribution < 1.29 is 4.21 Å². The molecule has 2 N–H and O–H groups in total. The van der Waals surface area contributed by atoms with E-state index >= 15 is 0 Å². The van der Waals surface area contributed by atoms with Crippen LogP contribution in [-0.4, -0.2) is 35.5 Å². The number of halogens is 1. The predicted molar refractivity (Wildman–Crippen MR) is 73.0 cm³/mol. The summed E-state index contributed by atoms with van der Waals surface area (Å²) >= 11 is 3.33. The zero-order valence-electron chi connectivity index (χ0n) is 9.57. The van der Waals surface area contributed by atoms with Crippen molar-refractivity contribution in [2.75, 3.05) is 32.1 Å². The highest BCUT2D eigenvalue weighted by Gasteiger charge is 2.08. The summed E-state index contributed by atoms with van der Waals surface area (Å²) in [6.07, 6.45) is 0.912. The third-order valence-electron chi connectivity index (χ3n) is 2.15. The molecule has 1 atom stereocenters. The second-order valence-corrected chi connectivity index (χ2v) is 6.34. The average Bonchev–Trinajstić information content (AvgIpc) is 2.16. The molecule has 0 fully saturated rings. The van der Waals surface area contributed by atoms with Crippen LogP contribution < -0.4 is 5.73 Å². The van der Waals surface area contributed by atoms with Crippen molar-refractivity contribution in [3.05, 3.63) is 22.7 Å². The summed E-state index contributed by atoms with van der Waals surface area (Å²) in [5.41, 5.74) is 6.42. The Morgan fingerprint density at radius 1 is 1.44 bits per heavy atom. The van der Waals surface area contributed by atoms with E-state index in [1.807, 2.05) is 26.2 Å². The van der Waals surface area contributed by atoms with Gasteiger partial charge in [0.1, 0.15) is 0 Å². The van der Waals surface area contributed by atoms with Crippen molar-refractivity contribution in [2.24, 2.45) is 0 Å². The van der Waals surface area contributed by atoms with Crippen LogP contribution in [0.1, 0.15) is 6.42 Å². The van der Waals surface area contributed by atoms with Gasteiger partial charge >= 0.3 is 0 Å². The summed E-state index contributed by atoms with van der Waals surface area (Å²) in [7, 11) is 3.03. The van der Waals surface area contributed by atoms with Gasteiger partial charge in [0, 0.05) is 15.9 Å². The largest absolute Gasteiger partial charge is 0.398 e. The lowest BCUT2D eigenvalue weighted by Gasteiger charge is -2.09. The number of rotatable bonds is 5. The molecule has 5 heteroatoms. The monoisotopic (exact) mass is 304 g/mol.